The van der Waals surface area contributed by atoms with Crippen LogP contribution in [0.15, 0.2) is 12.1 Å². The Bertz CT molecular complexity index is 401. The van der Waals surface area contributed by atoms with Crippen molar-refractivity contribution in [3.8, 4) is 0 Å². The molecule has 1 rings (SSSR count). The Morgan fingerprint density at radius 1 is 1.24 bits per heavy atom. The van der Waals surface area contributed by atoms with E-state index in [1.807, 2.05) is 0 Å². The summed E-state index contributed by atoms with van der Waals surface area (Å²) in [5.41, 5.74) is 3.92. The lowest BCUT2D eigenvalue weighted by atomic mass is 10.0. The standard InChI is InChI=1S/C9H8F5NO.ClH/c10-4-1-5(7(12)6(11)2-4)8(15)9(13,14)3-16;/h1-2,8,16H,3,15H2;1H/t8-;/m1./s1. The summed E-state index contributed by atoms with van der Waals surface area (Å²) in [5.74, 6) is -8.35. The van der Waals surface area contributed by atoms with Crippen molar-refractivity contribution in [2.24, 2.45) is 5.73 Å². The maximum atomic E-state index is 13.1. The van der Waals surface area contributed by atoms with E-state index >= 15 is 0 Å². The molecule has 0 amide bonds. The number of nitrogens with two attached hydrogens (primary N) is 1. The maximum absolute atomic E-state index is 13.1. The SMILES string of the molecule is Cl.N[C@H](c1cc(F)cc(F)c1F)C(F)(F)CO. The highest BCUT2D eigenvalue weighted by Crippen LogP contribution is 2.31. The molecule has 0 spiro atoms. The first-order chi connectivity index (χ1) is 7.29. The Morgan fingerprint density at radius 3 is 2.24 bits per heavy atom. The molecule has 0 aromatic heterocycles. The first-order valence-electron chi connectivity index (χ1n) is 4.18. The van der Waals surface area contributed by atoms with Gasteiger partial charge < -0.3 is 10.8 Å². The van der Waals surface area contributed by atoms with Crippen LogP contribution in [0.3, 0.4) is 0 Å². The molecular weight excluding hydrogens is 269 g/mol. The summed E-state index contributed by atoms with van der Waals surface area (Å²) in [6, 6.07) is -1.74. The van der Waals surface area contributed by atoms with Gasteiger partial charge in [-0.2, -0.15) is 0 Å². The van der Waals surface area contributed by atoms with E-state index in [2.05, 4.69) is 0 Å². The third kappa shape index (κ3) is 3.27. The third-order valence-electron chi connectivity index (χ3n) is 2.02. The van der Waals surface area contributed by atoms with Gasteiger partial charge in [-0.3, -0.25) is 0 Å². The van der Waals surface area contributed by atoms with Crippen LogP contribution in [0.1, 0.15) is 11.6 Å². The van der Waals surface area contributed by atoms with Crippen LogP contribution in [-0.2, 0) is 0 Å². The van der Waals surface area contributed by atoms with Gasteiger partial charge in [0.25, 0.3) is 5.92 Å². The number of rotatable bonds is 3. The Balaban J connectivity index is 0.00000256. The molecule has 0 aliphatic rings. The van der Waals surface area contributed by atoms with E-state index in [1.165, 1.54) is 0 Å². The van der Waals surface area contributed by atoms with Gasteiger partial charge in [0.1, 0.15) is 12.4 Å². The van der Waals surface area contributed by atoms with E-state index in [4.69, 9.17) is 10.8 Å². The fourth-order valence-corrected chi connectivity index (χ4v) is 1.13. The number of aliphatic hydroxyl groups excluding tert-OH is 1. The van der Waals surface area contributed by atoms with E-state index in [9.17, 15) is 22.0 Å². The number of aliphatic hydroxyl groups is 1. The largest absolute Gasteiger partial charge is 0.390 e. The zero-order valence-corrected chi connectivity index (χ0v) is 9.08. The molecule has 1 aromatic rings. The van der Waals surface area contributed by atoms with Crippen LogP contribution in [0.25, 0.3) is 0 Å². The minimum atomic E-state index is -3.86. The summed E-state index contributed by atoms with van der Waals surface area (Å²) in [6.07, 6.45) is 0. The highest BCUT2D eigenvalue weighted by atomic mass is 35.5. The average molecular weight is 278 g/mol. The Labute approximate surface area is 99.6 Å². The van der Waals surface area contributed by atoms with Gasteiger partial charge in [0, 0.05) is 11.6 Å². The van der Waals surface area contributed by atoms with Gasteiger partial charge in [-0.25, -0.2) is 22.0 Å². The Hall–Kier alpha value is -0.920. The molecule has 0 saturated carbocycles. The van der Waals surface area contributed by atoms with Gasteiger partial charge in [0.15, 0.2) is 11.6 Å². The fraction of sp³-hybridized carbons (Fsp3) is 0.333. The molecular formula is C9H9ClF5NO. The zero-order valence-electron chi connectivity index (χ0n) is 8.26. The predicted octanol–water partition coefficient (Wildman–Crippen LogP) is 2.15. The molecule has 0 bridgehead atoms. The van der Waals surface area contributed by atoms with E-state index in [-0.39, 0.29) is 18.5 Å². The van der Waals surface area contributed by atoms with Crippen molar-refractivity contribution in [2.45, 2.75) is 12.0 Å². The van der Waals surface area contributed by atoms with Gasteiger partial charge in [-0.1, -0.05) is 0 Å². The second-order valence-corrected chi connectivity index (χ2v) is 3.19. The molecule has 0 radical (unpaired) electrons. The number of hydrogen-bond donors (Lipinski definition) is 2. The summed E-state index contributed by atoms with van der Waals surface area (Å²) < 4.78 is 64.2. The predicted molar refractivity (Wildman–Crippen MR) is 52.5 cm³/mol. The molecule has 1 aromatic carbocycles. The third-order valence-corrected chi connectivity index (χ3v) is 2.02. The molecule has 98 valence electrons. The lowest BCUT2D eigenvalue weighted by Crippen LogP contribution is -2.37. The van der Waals surface area contributed by atoms with Crippen molar-refractivity contribution < 1.29 is 27.1 Å². The highest BCUT2D eigenvalue weighted by Gasteiger charge is 2.39. The zero-order chi connectivity index (χ0) is 12.5. The number of benzene rings is 1. The van der Waals surface area contributed by atoms with E-state index < -0.39 is 41.6 Å². The van der Waals surface area contributed by atoms with Crippen molar-refractivity contribution >= 4 is 12.4 Å². The number of alkyl halides is 2. The summed E-state index contributed by atoms with van der Waals surface area (Å²) >= 11 is 0. The molecule has 2 nitrogen and oxygen atoms in total. The summed E-state index contributed by atoms with van der Waals surface area (Å²) in [5, 5.41) is 8.32. The molecule has 17 heavy (non-hydrogen) atoms. The first-order valence-corrected chi connectivity index (χ1v) is 4.18. The summed E-state index contributed by atoms with van der Waals surface area (Å²) in [4.78, 5) is 0. The monoisotopic (exact) mass is 277 g/mol. The van der Waals surface area contributed by atoms with Crippen LogP contribution in [0.5, 0.6) is 0 Å². The van der Waals surface area contributed by atoms with Crippen molar-refractivity contribution in [3.63, 3.8) is 0 Å². The van der Waals surface area contributed by atoms with Crippen LogP contribution in [0.4, 0.5) is 22.0 Å². The maximum Gasteiger partial charge on any atom is 0.289 e. The minimum absolute atomic E-state index is 0. The number of halogens is 6. The second kappa shape index (κ2) is 5.61. The minimum Gasteiger partial charge on any atom is -0.390 e. The Morgan fingerprint density at radius 2 is 1.76 bits per heavy atom. The van der Waals surface area contributed by atoms with Gasteiger partial charge >= 0.3 is 0 Å². The quantitative estimate of drug-likeness (QED) is 0.657. The summed E-state index contributed by atoms with van der Waals surface area (Å²) in [7, 11) is 0. The van der Waals surface area contributed by atoms with Gasteiger partial charge in [0.2, 0.25) is 0 Å². The normalized spacial score (nSPS) is 13.1. The van der Waals surface area contributed by atoms with E-state index in [0.717, 1.165) is 0 Å². The van der Waals surface area contributed by atoms with Crippen molar-refractivity contribution in [2.75, 3.05) is 6.61 Å². The van der Waals surface area contributed by atoms with Crippen molar-refractivity contribution in [1.29, 1.82) is 0 Å². The average Bonchev–Trinajstić information content (AvgIpc) is 2.22. The molecule has 0 unspecified atom stereocenters. The lowest BCUT2D eigenvalue weighted by Gasteiger charge is -2.22. The van der Waals surface area contributed by atoms with Gasteiger partial charge in [-0.05, 0) is 6.07 Å². The first kappa shape index (κ1) is 16.1. The molecule has 0 heterocycles. The van der Waals surface area contributed by atoms with Crippen LogP contribution in [0.2, 0.25) is 0 Å². The van der Waals surface area contributed by atoms with E-state index in [0.29, 0.717) is 6.07 Å². The summed E-state index contributed by atoms with van der Waals surface area (Å²) in [6.45, 7) is -1.65. The number of hydrogen-bond acceptors (Lipinski definition) is 2. The van der Waals surface area contributed by atoms with Crippen molar-refractivity contribution in [1.82, 2.24) is 0 Å². The highest BCUT2D eigenvalue weighted by molar-refractivity contribution is 5.85. The molecule has 1 atom stereocenters. The van der Waals surface area contributed by atoms with Crippen LogP contribution >= 0.6 is 12.4 Å². The molecule has 0 saturated heterocycles. The molecule has 0 aliphatic carbocycles. The Kier molecular flexibility index (Phi) is 5.31. The lowest BCUT2D eigenvalue weighted by molar-refractivity contribution is -0.0720. The molecule has 0 aliphatic heterocycles. The van der Waals surface area contributed by atoms with E-state index in [1.54, 1.807) is 0 Å². The van der Waals surface area contributed by atoms with Crippen LogP contribution < -0.4 is 5.73 Å². The van der Waals surface area contributed by atoms with Crippen molar-refractivity contribution in [3.05, 3.63) is 35.1 Å². The second-order valence-electron chi connectivity index (χ2n) is 3.19. The topological polar surface area (TPSA) is 46.2 Å². The van der Waals surface area contributed by atoms with Crippen LogP contribution in [0, 0.1) is 17.5 Å². The molecule has 0 fully saturated rings. The fourth-order valence-electron chi connectivity index (χ4n) is 1.13. The smallest absolute Gasteiger partial charge is 0.289 e. The molecule has 3 N–H and O–H groups in total. The van der Waals surface area contributed by atoms with Gasteiger partial charge in [0.05, 0.1) is 6.04 Å². The van der Waals surface area contributed by atoms with Gasteiger partial charge in [-0.15, -0.1) is 12.4 Å². The van der Waals surface area contributed by atoms with Crippen LogP contribution in [-0.4, -0.2) is 17.6 Å². The molecule has 8 heteroatoms.